The van der Waals surface area contributed by atoms with E-state index in [0.717, 1.165) is 0 Å². The van der Waals surface area contributed by atoms with Gasteiger partial charge in [-0.25, -0.2) is 0 Å². The van der Waals surface area contributed by atoms with Crippen LogP contribution < -0.4 is 0 Å². The number of aromatic nitrogens is 1. The highest BCUT2D eigenvalue weighted by Gasteiger charge is 2.15. The number of hydrogen-bond acceptors (Lipinski definition) is 3. The molecule has 18 heavy (non-hydrogen) atoms. The standard InChI is InChI=1S/C12H5Cl3N2S/c13-10-5-8(12(15)18-10)11(14)9(6-16)7-1-3-17-4-2-7/h1-5H/b11-9-. The summed E-state index contributed by atoms with van der Waals surface area (Å²) in [4.78, 5) is 3.90. The van der Waals surface area contributed by atoms with Crippen molar-refractivity contribution in [2.45, 2.75) is 0 Å². The summed E-state index contributed by atoms with van der Waals surface area (Å²) in [6.07, 6.45) is 3.19. The second kappa shape index (κ2) is 5.73. The SMILES string of the molecule is N#C/C(=C(/Cl)c1cc(Cl)sc1Cl)c1ccncc1. The molecule has 0 spiro atoms. The van der Waals surface area contributed by atoms with Crippen LogP contribution in [-0.2, 0) is 0 Å². The third-order valence-electron chi connectivity index (χ3n) is 2.19. The van der Waals surface area contributed by atoms with Crippen LogP contribution >= 0.6 is 46.1 Å². The van der Waals surface area contributed by atoms with Gasteiger partial charge in [-0.05, 0) is 23.8 Å². The van der Waals surface area contributed by atoms with E-state index in [1.165, 1.54) is 11.3 Å². The Morgan fingerprint density at radius 3 is 2.44 bits per heavy atom. The quantitative estimate of drug-likeness (QED) is 0.725. The van der Waals surface area contributed by atoms with Crippen LogP contribution in [0.15, 0.2) is 30.6 Å². The van der Waals surface area contributed by atoms with Gasteiger partial charge in [-0.15, -0.1) is 11.3 Å². The van der Waals surface area contributed by atoms with E-state index in [-0.39, 0.29) is 5.03 Å². The van der Waals surface area contributed by atoms with E-state index in [4.69, 9.17) is 34.8 Å². The van der Waals surface area contributed by atoms with Crippen LogP contribution in [0.2, 0.25) is 8.67 Å². The van der Waals surface area contributed by atoms with Crippen LogP contribution in [0.25, 0.3) is 10.6 Å². The monoisotopic (exact) mass is 314 g/mol. The van der Waals surface area contributed by atoms with Gasteiger partial charge >= 0.3 is 0 Å². The van der Waals surface area contributed by atoms with Crippen LogP contribution in [-0.4, -0.2) is 4.98 Å². The highest BCUT2D eigenvalue weighted by atomic mass is 35.5. The highest BCUT2D eigenvalue weighted by molar-refractivity contribution is 7.20. The van der Waals surface area contributed by atoms with Crippen LogP contribution in [0.4, 0.5) is 0 Å². The smallest absolute Gasteiger partial charge is 0.103 e. The predicted molar refractivity (Wildman–Crippen MR) is 76.9 cm³/mol. The fourth-order valence-electron chi connectivity index (χ4n) is 1.38. The molecule has 0 bridgehead atoms. The summed E-state index contributed by atoms with van der Waals surface area (Å²) in [6.45, 7) is 0. The van der Waals surface area contributed by atoms with Crippen molar-refractivity contribution in [3.63, 3.8) is 0 Å². The molecule has 6 heteroatoms. The summed E-state index contributed by atoms with van der Waals surface area (Å²) in [6, 6.07) is 7.15. The lowest BCUT2D eigenvalue weighted by Gasteiger charge is -2.02. The van der Waals surface area contributed by atoms with Crippen molar-refractivity contribution in [3.05, 3.63) is 50.4 Å². The number of hydrogen-bond donors (Lipinski definition) is 0. The molecule has 0 saturated carbocycles. The minimum atomic E-state index is 0.289. The summed E-state index contributed by atoms with van der Waals surface area (Å²) in [5.41, 5.74) is 1.60. The molecule has 0 N–H and O–H groups in total. The van der Waals surface area contributed by atoms with Gasteiger partial charge in [0, 0.05) is 18.0 Å². The lowest BCUT2D eigenvalue weighted by molar-refractivity contribution is 1.32. The lowest BCUT2D eigenvalue weighted by atomic mass is 10.1. The van der Waals surface area contributed by atoms with E-state index in [1.807, 2.05) is 0 Å². The molecule has 2 aromatic rings. The van der Waals surface area contributed by atoms with Gasteiger partial charge in [0.15, 0.2) is 0 Å². The van der Waals surface area contributed by atoms with E-state index >= 15 is 0 Å². The molecule has 0 unspecified atom stereocenters. The molecule has 90 valence electrons. The maximum Gasteiger partial charge on any atom is 0.103 e. The first-order chi connectivity index (χ1) is 8.63. The van der Waals surface area contributed by atoms with Gasteiger partial charge in [0.2, 0.25) is 0 Å². The number of rotatable bonds is 2. The minimum Gasteiger partial charge on any atom is -0.265 e. The maximum atomic E-state index is 9.22. The number of pyridine rings is 1. The van der Waals surface area contributed by atoms with Crippen molar-refractivity contribution >= 4 is 56.7 Å². The Kier molecular flexibility index (Phi) is 4.26. The number of nitrogens with zero attached hydrogens (tertiary/aromatic N) is 2. The van der Waals surface area contributed by atoms with Crippen molar-refractivity contribution in [3.8, 4) is 6.07 Å². The summed E-state index contributed by atoms with van der Waals surface area (Å²) in [7, 11) is 0. The zero-order chi connectivity index (χ0) is 13.1. The van der Waals surface area contributed by atoms with E-state index in [2.05, 4.69) is 11.1 Å². The lowest BCUT2D eigenvalue weighted by Crippen LogP contribution is -1.85. The summed E-state index contributed by atoms with van der Waals surface area (Å²) in [5, 5.41) is 9.51. The van der Waals surface area contributed by atoms with E-state index in [1.54, 1.807) is 30.6 Å². The van der Waals surface area contributed by atoms with Gasteiger partial charge in [-0.1, -0.05) is 34.8 Å². The first kappa shape index (κ1) is 13.4. The number of halogens is 3. The Bertz CT molecular complexity index is 641. The Hall–Kier alpha value is -1.05. The second-order valence-corrected chi connectivity index (χ2v) is 5.94. The topological polar surface area (TPSA) is 36.7 Å². The zero-order valence-corrected chi connectivity index (χ0v) is 11.9. The van der Waals surface area contributed by atoms with Gasteiger partial charge in [0.1, 0.15) is 10.4 Å². The minimum absolute atomic E-state index is 0.289. The first-order valence-corrected chi connectivity index (χ1v) is 6.74. The summed E-state index contributed by atoms with van der Waals surface area (Å²) in [5.74, 6) is 0. The average Bonchev–Trinajstić information content (AvgIpc) is 2.70. The summed E-state index contributed by atoms with van der Waals surface area (Å²) >= 11 is 19.3. The van der Waals surface area contributed by atoms with Gasteiger partial charge in [-0.2, -0.15) is 5.26 Å². The molecule has 0 aliphatic carbocycles. The number of nitriles is 1. The molecule has 0 aromatic carbocycles. The number of thiophene rings is 1. The normalized spacial score (nSPS) is 11.9. The molecule has 0 fully saturated rings. The second-order valence-electron chi connectivity index (χ2n) is 3.27. The van der Waals surface area contributed by atoms with Crippen LogP contribution in [0, 0.1) is 11.3 Å². The van der Waals surface area contributed by atoms with Gasteiger partial charge in [0.05, 0.1) is 14.9 Å². The van der Waals surface area contributed by atoms with Crippen LogP contribution in [0.1, 0.15) is 11.1 Å². The molecule has 0 saturated heterocycles. The third-order valence-corrected chi connectivity index (χ3v) is 4.07. The molecular weight excluding hydrogens is 311 g/mol. The Labute approximate surface area is 123 Å². The first-order valence-electron chi connectivity index (χ1n) is 4.79. The van der Waals surface area contributed by atoms with E-state index in [9.17, 15) is 5.26 Å². The van der Waals surface area contributed by atoms with E-state index < -0.39 is 0 Å². The molecule has 2 rings (SSSR count). The van der Waals surface area contributed by atoms with Crippen LogP contribution in [0.3, 0.4) is 0 Å². The molecule has 2 heterocycles. The maximum absolute atomic E-state index is 9.22. The fraction of sp³-hybridized carbons (Fsp3) is 0. The largest absolute Gasteiger partial charge is 0.265 e. The predicted octanol–water partition coefficient (Wildman–Crippen LogP) is 5.08. The van der Waals surface area contributed by atoms with Crippen molar-refractivity contribution in [1.82, 2.24) is 4.98 Å². The third kappa shape index (κ3) is 2.68. The molecule has 2 aromatic heterocycles. The van der Waals surface area contributed by atoms with E-state index in [0.29, 0.717) is 25.4 Å². The van der Waals surface area contributed by atoms with Crippen molar-refractivity contribution < 1.29 is 0 Å². The average molecular weight is 316 g/mol. The fourth-order valence-corrected chi connectivity index (χ4v) is 3.26. The molecule has 0 atom stereocenters. The Balaban J connectivity index is 2.58. The number of allylic oxidation sites excluding steroid dienone is 1. The Morgan fingerprint density at radius 2 is 1.94 bits per heavy atom. The van der Waals surface area contributed by atoms with Gasteiger partial charge in [0.25, 0.3) is 0 Å². The van der Waals surface area contributed by atoms with Crippen molar-refractivity contribution in [2.24, 2.45) is 0 Å². The van der Waals surface area contributed by atoms with Crippen LogP contribution in [0.5, 0.6) is 0 Å². The summed E-state index contributed by atoms with van der Waals surface area (Å²) < 4.78 is 0.993. The van der Waals surface area contributed by atoms with Gasteiger partial charge < -0.3 is 0 Å². The molecule has 0 amide bonds. The van der Waals surface area contributed by atoms with Crippen molar-refractivity contribution in [2.75, 3.05) is 0 Å². The molecule has 0 aliphatic heterocycles. The molecule has 2 nitrogen and oxygen atoms in total. The molecular formula is C12H5Cl3N2S. The van der Waals surface area contributed by atoms with Crippen molar-refractivity contribution in [1.29, 1.82) is 5.26 Å². The highest BCUT2D eigenvalue weighted by Crippen LogP contribution is 2.39. The Morgan fingerprint density at radius 1 is 1.28 bits per heavy atom. The molecule has 0 radical (unpaired) electrons. The zero-order valence-electron chi connectivity index (χ0n) is 8.82. The molecule has 0 aliphatic rings. The van der Waals surface area contributed by atoms with Gasteiger partial charge in [-0.3, -0.25) is 4.98 Å².